The Kier molecular flexibility index (Phi) is 10.5. The molecule has 6 nitrogen and oxygen atoms in total. The average molecular weight is 554 g/mol. The first-order valence-electron chi connectivity index (χ1n) is 9.02. The number of nitrogens with zero attached hydrogens (tertiary/aromatic N) is 2. The standard InChI is InChI=1S/C19H27FN4O2S2.HI/c1-5-21-19(22-11-10-15-6-7-16(20)12-14(15)2)23-13-17-8-9-18(27-17)28(25,26)24(3)4;/h6-9,12H,5,10-11,13H2,1-4H3,(H2,21,22,23);1H. The van der Waals surface area contributed by atoms with Crippen LogP contribution in [0, 0.1) is 12.7 Å². The third-order valence-corrected chi connectivity index (χ3v) is 7.45. The molecule has 0 aliphatic carbocycles. The zero-order chi connectivity index (χ0) is 20.7. The molecule has 0 aliphatic heterocycles. The van der Waals surface area contributed by atoms with E-state index in [1.807, 2.05) is 13.8 Å². The van der Waals surface area contributed by atoms with Crippen molar-refractivity contribution in [3.05, 3.63) is 52.2 Å². The highest BCUT2D eigenvalue weighted by Crippen LogP contribution is 2.24. The molecule has 10 heteroatoms. The number of hydrogen-bond acceptors (Lipinski definition) is 4. The number of guanidine groups is 1. The van der Waals surface area contributed by atoms with E-state index in [2.05, 4.69) is 15.6 Å². The van der Waals surface area contributed by atoms with Gasteiger partial charge < -0.3 is 10.6 Å². The number of aryl methyl sites for hydroxylation is 1. The van der Waals surface area contributed by atoms with Gasteiger partial charge in [-0.2, -0.15) is 0 Å². The molecule has 0 unspecified atom stereocenters. The van der Waals surface area contributed by atoms with E-state index >= 15 is 0 Å². The number of benzene rings is 1. The lowest BCUT2D eigenvalue weighted by atomic mass is 10.1. The predicted molar refractivity (Wildman–Crippen MR) is 128 cm³/mol. The lowest BCUT2D eigenvalue weighted by molar-refractivity contribution is 0.523. The van der Waals surface area contributed by atoms with Crippen LogP contribution in [0.5, 0.6) is 0 Å². The minimum absolute atomic E-state index is 0. The van der Waals surface area contributed by atoms with Crippen LogP contribution < -0.4 is 10.6 Å². The number of nitrogens with one attached hydrogen (secondary N) is 2. The minimum atomic E-state index is -3.41. The molecular formula is C19H28FIN4O2S2. The zero-order valence-electron chi connectivity index (χ0n) is 17.0. The molecule has 0 aliphatic rings. The van der Waals surface area contributed by atoms with Crippen LogP contribution in [-0.2, 0) is 23.0 Å². The largest absolute Gasteiger partial charge is 0.357 e. The number of halogens is 2. The van der Waals surface area contributed by atoms with Crippen molar-refractivity contribution in [2.45, 2.75) is 31.0 Å². The maximum absolute atomic E-state index is 13.2. The summed E-state index contributed by atoms with van der Waals surface area (Å²) in [7, 11) is -0.378. The van der Waals surface area contributed by atoms with E-state index in [1.165, 1.54) is 41.9 Å². The maximum Gasteiger partial charge on any atom is 0.252 e. The summed E-state index contributed by atoms with van der Waals surface area (Å²) >= 11 is 1.22. The maximum atomic E-state index is 13.2. The van der Waals surface area contributed by atoms with Gasteiger partial charge in [0.1, 0.15) is 10.0 Å². The van der Waals surface area contributed by atoms with Crippen molar-refractivity contribution in [1.82, 2.24) is 14.9 Å². The van der Waals surface area contributed by atoms with Crippen molar-refractivity contribution in [3.63, 3.8) is 0 Å². The first kappa shape index (κ1) is 25.8. The van der Waals surface area contributed by atoms with Crippen LogP contribution >= 0.6 is 35.3 Å². The Bertz CT molecular complexity index is 930. The summed E-state index contributed by atoms with van der Waals surface area (Å²) in [6.45, 7) is 5.63. The number of thiophene rings is 1. The van der Waals surface area contributed by atoms with Gasteiger partial charge in [-0.25, -0.2) is 22.1 Å². The highest BCUT2D eigenvalue weighted by atomic mass is 127. The number of hydrogen-bond donors (Lipinski definition) is 2. The van der Waals surface area contributed by atoms with Crippen LogP contribution in [0.15, 0.2) is 39.5 Å². The number of rotatable bonds is 8. The Morgan fingerprint density at radius 3 is 2.55 bits per heavy atom. The molecule has 0 fully saturated rings. The topological polar surface area (TPSA) is 73.8 Å². The predicted octanol–water partition coefficient (Wildman–Crippen LogP) is 3.36. The Balaban J connectivity index is 0.00000420. The third-order valence-electron chi connectivity index (χ3n) is 4.10. The van der Waals surface area contributed by atoms with E-state index in [0.29, 0.717) is 29.8 Å². The SMILES string of the molecule is CCNC(=NCc1ccc(S(=O)(=O)N(C)C)s1)NCCc1ccc(F)cc1C.I. The Morgan fingerprint density at radius 1 is 1.21 bits per heavy atom. The summed E-state index contributed by atoms with van der Waals surface area (Å²) < 4.78 is 39.0. The van der Waals surface area contributed by atoms with Gasteiger partial charge in [0.15, 0.2) is 5.96 Å². The van der Waals surface area contributed by atoms with Gasteiger partial charge in [-0.1, -0.05) is 6.07 Å². The molecule has 0 saturated carbocycles. The summed E-state index contributed by atoms with van der Waals surface area (Å²) in [5.41, 5.74) is 2.01. The molecule has 0 atom stereocenters. The lowest BCUT2D eigenvalue weighted by Crippen LogP contribution is -2.38. The average Bonchev–Trinajstić information content (AvgIpc) is 3.11. The van der Waals surface area contributed by atoms with E-state index in [1.54, 1.807) is 18.2 Å². The summed E-state index contributed by atoms with van der Waals surface area (Å²) in [5, 5.41) is 6.43. The second kappa shape index (κ2) is 11.8. The number of sulfonamides is 1. The summed E-state index contributed by atoms with van der Waals surface area (Å²) in [5.74, 6) is 0.434. The van der Waals surface area contributed by atoms with E-state index in [9.17, 15) is 12.8 Å². The van der Waals surface area contributed by atoms with E-state index in [0.717, 1.165) is 22.4 Å². The van der Waals surface area contributed by atoms with Crippen LogP contribution in [0.25, 0.3) is 0 Å². The molecule has 2 aromatic rings. The van der Waals surface area contributed by atoms with Crippen LogP contribution in [-0.4, -0.2) is 45.9 Å². The molecule has 29 heavy (non-hydrogen) atoms. The van der Waals surface area contributed by atoms with E-state index in [-0.39, 0.29) is 29.8 Å². The van der Waals surface area contributed by atoms with Crippen LogP contribution in [0.2, 0.25) is 0 Å². The fourth-order valence-corrected chi connectivity index (χ4v) is 4.97. The minimum Gasteiger partial charge on any atom is -0.357 e. The first-order valence-corrected chi connectivity index (χ1v) is 11.3. The summed E-state index contributed by atoms with van der Waals surface area (Å²) in [4.78, 5) is 5.40. The molecular weight excluding hydrogens is 526 g/mol. The van der Waals surface area contributed by atoms with Gasteiger partial charge in [0.2, 0.25) is 0 Å². The molecule has 0 saturated heterocycles. The zero-order valence-corrected chi connectivity index (χ0v) is 21.0. The molecule has 0 spiro atoms. The van der Waals surface area contributed by atoms with Crippen molar-refractivity contribution in [1.29, 1.82) is 0 Å². The van der Waals surface area contributed by atoms with Gasteiger partial charge in [0.05, 0.1) is 6.54 Å². The fraction of sp³-hybridized carbons (Fsp3) is 0.421. The van der Waals surface area contributed by atoms with Gasteiger partial charge in [-0.15, -0.1) is 35.3 Å². The monoisotopic (exact) mass is 554 g/mol. The normalized spacial score (nSPS) is 12.0. The van der Waals surface area contributed by atoms with Crippen molar-refractivity contribution >= 4 is 51.3 Å². The molecule has 1 aromatic heterocycles. The second-order valence-corrected chi connectivity index (χ2v) is 10.00. The van der Waals surface area contributed by atoms with Gasteiger partial charge in [-0.05, 0) is 55.7 Å². The Labute approximate surface area is 193 Å². The van der Waals surface area contributed by atoms with Crippen molar-refractivity contribution in [2.75, 3.05) is 27.2 Å². The van der Waals surface area contributed by atoms with Gasteiger partial charge in [0.25, 0.3) is 10.0 Å². The molecule has 1 aromatic carbocycles. The molecule has 2 N–H and O–H groups in total. The van der Waals surface area contributed by atoms with Gasteiger partial charge in [-0.3, -0.25) is 0 Å². The van der Waals surface area contributed by atoms with Crippen molar-refractivity contribution in [2.24, 2.45) is 4.99 Å². The lowest BCUT2D eigenvalue weighted by Gasteiger charge is -2.12. The van der Waals surface area contributed by atoms with Crippen LogP contribution in [0.3, 0.4) is 0 Å². The third kappa shape index (κ3) is 7.50. The van der Waals surface area contributed by atoms with Gasteiger partial charge in [0, 0.05) is 32.1 Å². The van der Waals surface area contributed by atoms with Crippen molar-refractivity contribution < 1.29 is 12.8 Å². The van der Waals surface area contributed by atoms with Crippen LogP contribution in [0.4, 0.5) is 4.39 Å². The highest BCUT2D eigenvalue weighted by molar-refractivity contribution is 14.0. The fourth-order valence-electron chi connectivity index (χ4n) is 2.52. The first-order chi connectivity index (χ1) is 13.2. The second-order valence-electron chi connectivity index (χ2n) is 6.45. The molecule has 0 radical (unpaired) electrons. The highest BCUT2D eigenvalue weighted by Gasteiger charge is 2.19. The number of aliphatic imine (C=N–C) groups is 1. The molecule has 0 amide bonds. The molecule has 0 bridgehead atoms. The quantitative estimate of drug-likeness (QED) is 0.298. The van der Waals surface area contributed by atoms with E-state index < -0.39 is 10.0 Å². The summed E-state index contributed by atoms with van der Waals surface area (Å²) in [6.07, 6.45) is 0.751. The molecule has 162 valence electrons. The summed E-state index contributed by atoms with van der Waals surface area (Å²) in [6, 6.07) is 8.20. The Morgan fingerprint density at radius 2 is 1.93 bits per heavy atom. The Hall–Kier alpha value is -1.24. The van der Waals surface area contributed by atoms with E-state index in [4.69, 9.17) is 0 Å². The molecule has 1 heterocycles. The van der Waals surface area contributed by atoms with Gasteiger partial charge >= 0.3 is 0 Å². The smallest absolute Gasteiger partial charge is 0.252 e. The van der Waals surface area contributed by atoms with Crippen molar-refractivity contribution in [3.8, 4) is 0 Å². The van der Waals surface area contributed by atoms with Crippen LogP contribution in [0.1, 0.15) is 22.9 Å². The molecule has 2 rings (SSSR count).